The van der Waals surface area contributed by atoms with Crippen molar-refractivity contribution in [2.45, 2.75) is 0 Å². The van der Waals surface area contributed by atoms with Gasteiger partial charge in [-0.15, -0.1) is 0 Å². The minimum absolute atomic E-state index is 0.140. The van der Waals surface area contributed by atoms with E-state index in [1.807, 2.05) is 0 Å². The molecule has 0 N–H and O–H groups in total. The summed E-state index contributed by atoms with van der Waals surface area (Å²) in [5.41, 5.74) is 1.72. The zero-order valence-corrected chi connectivity index (χ0v) is 10.5. The smallest absolute Gasteiger partial charge is 0.339 e. The Hall–Kier alpha value is -2.43. The summed E-state index contributed by atoms with van der Waals surface area (Å²) in [6, 6.07) is 6.08. The molecule has 0 aliphatic heterocycles. The van der Waals surface area contributed by atoms with Crippen LogP contribution in [0.25, 0.3) is 11.1 Å². The van der Waals surface area contributed by atoms with Crippen LogP contribution in [0.5, 0.6) is 5.75 Å². The molecule has 0 aliphatic carbocycles. The maximum absolute atomic E-state index is 13.3. The van der Waals surface area contributed by atoms with Gasteiger partial charge in [0.2, 0.25) is 0 Å². The van der Waals surface area contributed by atoms with E-state index < -0.39 is 11.8 Å². The van der Waals surface area contributed by atoms with Crippen LogP contribution in [0.1, 0.15) is 10.4 Å². The number of pyridine rings is 1. The van der Waals surface area contributed by atoms with E-state index in [2.05, 4.69) is 9.72 Å². The second-order valence-electron chi connectivity index (χ2n) is 3.80. The Morgan fingerprint density at radius 3 is 2.63 bits per heavy atom. The molecular formula is C14H12FNO3. The highest BCUT2D eigenvalue weighted by Gasteiger charge is 2.09. The van der Waals surface area contributed by atoms with E-state index in [0.717, 1.165) is 0 Å². The first-order chi connectivity index (χ1) is 9.15. The number of nitrogens with zero attached hydrogens (tertiary/aromatic N) is 1. The number of carbonyl (C=O) groups excluding carboxylic acids is 1. The third-order valence-electron chi connectivity index (χ3n) is 2.64. The normalized spacial score (nSPS) is 10.1. The SMILES string of the molecule is COC(=O)c1cncc(-c2ccc(F)c(OC)c2)c1. The number of benzene rings is 1. The lowest BCUT2D eigenvalue weighted by Gasteiger charge is -2.07. The second kappa shape index (κ2) is 5.48. The van der Waals surface area contributed by atoms with Gasteiger partial charge in [0.05, 0.1) is 19.8 Å². The monoisotopic (exact) mass is 261 g/mol. The number of carbonyl (C=O) groups is 1. The zero-order valence-electron chi connectivity index (χ0n) is 10.5. The van der Waals surface area contributed by atoms with Gasteiger partial charge in [0.15, 0.2) is 11.6 Å². The number of esters is 1. The number of hydrogen-bond acceptors (Lipinski definition) is 4. The molecule has 5 heteroatoms. The van der Waals surface area contributed by atoms with E-state index in [-0.39, 0.29) is 5.75 Å². The third-order valence-corrected chi connectivity index (χ3v) is 2.64. The molecule has 19 heavy (non-hydrogen) atoms. The molecule has 0 radical (unpaired) electrons. The second-order valence-corrected chi connectivity index (χ2v) is 3.80. The summed E-state index contributed by atoms with van der Waals surface area (Å²) < 4.78 is 22.9. The van der Waals surface area contributed by atoms with Gasteiger partial charge in [-0.3, -0.25) is 4.98 Å². The minimum atomic E-state index is -0.469. The van der Waals surface area contributed by atoms with E-state index in [1.165, 1.54) is 26.5 Å². The Kier molecular flexibility index (Phi) is 3.75. The number of ether oxygens (including phenoxy) is 2. The summed E-state index contributed by atoms with van der Waals surface area (Å²) >= 11 is 0. The van der Waals surface area contributed by atoms with Crippen LogP contribution in [0.4, 0.5) is 4.39 Å². The molecular weight excluding hydrogens is 249 g/mol. The molecule has 0 spiro atoms. The van der Waals surface area contributed by atoms with Crippen molar-refractivity contribution in [2.24, 2.45) is 0 Å². The molecule has 4 nitrogen and oxygen atoms in total. The van der Waals surface area contributed by atoms with Crippen molar-refractivity contribution >= 4 is 5.97 Å². The Morgan fingerprint density at radius 1 is 1.16 bits per heavy atom. The summed E-state index contributed by atoms with van der Waals surface area (Å²) in [5.74, 6) is -0.771. The molecule has 0 saturated heterocycles. The maximum atomic E-state index is 13.3. The molecule has 0 fully saturated rings. The number of halogens is 1. The first-order valence-corrected chi connectivity index (χ1v) is 5.53. The summed E-state index contributed by atoms with van der Waals surface area (Å²) in [6.07, 6.45) is 3.00. The number of methoxy groups -OCH3 is 2. The van der Waals surface area contributed by atoms with E-state index in [1.54, 1.807) is 24.4 Å². The zero-order chi connectivity index (χ0) is 13.8. The van der Waals surface area contributed by atoms with Crippen LogP contribution in [0.2, 0.25) is 0 Å². The average molecular weight is 261 g/mol. The Morgan fingerprint density at radius 2 is 1.95 bits per heavy atom. The van der Waals surface area contributed by atoms with E-state index in [0.29, 0.717) is 16.7 Å². The first kappa shape index (κ1) is 13.0. The van der Waals surface area contributed by atoms with Crippen LogP contribution < -0.4 is 4.74 Å². The van der Waals surface area contributed by atoms with Gasteiger partial charge < -0.3 is 9.47 Å². The van der Waals surface area contributed by atoms with E-state index in [9.17, 15) is 9.18 Å². The number of rotatable bonds is 3. The topological polar surface area (TPSA) is 48.4 Å². The molecule has 0 unspecified atom stereocenters. The van der Waals surface area contributed by atoms with Crippen LogP contribution in [-0.4, -0.2) is 25.2 Å². The average Bonchev–Trinajstić information content (AvgIpc) is 2.47. The van der Waals surface area contributed by atoms with Crippen molar-refractivity contribution in [3.05, 3.63) is 48.0 Å². The van der Waals surface area contributed by atoms with E-state index >= 15 is 0 Å². The van der Waals surface area contributed by atoms with Crippen LogP contribution >= 0.6 is 0 Å². The lowest BCUT2D eigenvalue weighted by molar-refractivity contribution is 0.0600. The standard InChI is InChI=1S/C14H12FNO3/c1-18-13-6-9(3-4-12(13)15)10-5-11(8-16-7-10)14(17)19-2/h3-8H,1-2H3. The molecule has 2 rings (SSSR count). The fourth-order valence-electron chi connectivity index (χ4n) is 1.67. The van der Waals surface area contributed by atoms with Gasteiger partial charge in [0.25, 0.3) is 0 Å². The Labute approximate surface area is 109 Å². The summed E-state index contributed by atoms with van der Waals surface area (Å²) in [5, 5.41) is 0. The molecule has 98 valence electrons. The lowest BCUT2D eigenvalue weighted by Crippen LogP contribution is -2.01. The van der Waals surface area contributed by atoms with Crippen molar-refractivity contribution in [1.29, 1.82) is 0 Å². The van der Waals surface area contributed by atoms with Crippen LogP contribution in [0.3, 0.4) is 0 Å². The maximum Gasteiger partial charge on any atom is 0.339 e. The largest absolute Gasteiger partial charge is 0.494 e. The van der Waals surface area contributed by atoms with Crippen molar-refractivity contribution in [3.63, 3.8) is 0 Å². The van der Waals surface area contributed by atoms with E-state index in [4.69, 9.17) is 4.74 Å². The molecule has 0 saturated carbocycles. The van der Waals surface area contributed by atoms with Crippen LogP contribution in [0.15, 0.2) is 36.7 Å². The van der Waals surface area contributed by atoms with Crippen LogP contribution in [0, 0.1) is 5.82 Å². The van der Waals surface area contributed by atoms with Gasteiger partial charge >= 0.3 is 5.97 Å². The third kappa shape index (κ3) is 2.70. The first-order valence-electron chi connectivity index (χ1n) is 5.53. The number of hydrogen-bond donors (Lipinski definition) is 0. The molecule has 1 heterocycles. The van der Waals surface area contributed by atoms with Crippen molar-refractivity contribution in [2.75, 3.05) is 14.2 Å². The molecule has 0 amide bonds. The van der Waals surface area contributed by atoms with Gasteiger partial charge in [0.1, 0.15) is 0 Å². The van der Waals surface area contributed by atoms with Gasteiger partial charge in [-0.25, -0.2) is 9.18 Å². The highest BCUT2D eigenvalue weighted by Crippen LogP contribution is 2.26. The van der Waals surface area contributed by atoms with Gasteiger partial charge in [-0.1, -0.05) is 6.07 Å². The van der Waals surface area contributed by atoms with Gasteiger partial charge in [0, 0.05) is 18.0 Å². The van der Waals surface area contributed by atoms with Crippen molar-refractivity contribution in [1.82, 2.24) is 4.98 Å². The fourth-order valence-corrected chi connectivity index (χ4v) is 1.67. The van der Waals surface area contributed by atoms with Crippen LogP contribution in [-0.2, 0) is 4.74 Å². The predicted octanol–water partition coefficient (Wildman–Crippen LogP) is 2.68. The molecule has 0 bridgehead atoms. The Bertz CT molecular complexity index is 613. The highest BCUT2D eigenvalue weighted by molar-refractivity contribution is 5.90. The molecule has 0 aliphatic rings. The van der Waals surface area contributed by atoms with Gasteiger partial charge in [-0.05, 0) is 23.8 Å². The van der Waals surface area contributed by atoms with Crippen molar-refractivity contribution < 1.29 is 18.7 Å². The quantitative estimate of drug-likeness (QED) is 0.797. The Balaban J connectivity index is 2.44. The fraction of sp³-hybridized carbons (Fsp3) is 0.143. The summed E-state index contributed by atoms with van der Waals surface area (Å²) in [4.78, 5) is 15.4. The molecule has 0 atom stereocenters. The minimum Gasteiger partial charge on any atom is -0.494 e. The molecule has 2 aromatic rings. The molecule has 1 aromatic heterocycles. The van der Waals surface area contributed by atoms with Gasteiger partial charge in [-0.2, -0.15) is 0 Å². The lowest BCUT2D eigenvalue weighted by atomic mass is 10.1. The summed E-state index contributed by atoms with van der Waals surface area (Å²) in [6.45, 7) is 0. The highest BCUT2D eigenvalue weighted by atomic mass is 19.1. The predicted molar refractivity (Wildman–Crippen MR) is 67.5 cm³/mol. The number of aromatic nitrogens is 1. The summed E-state index contributed by atoms with van der Waals surface area (Å²) in [7, 11) is 2.70. The molecule has 1 aromatic carbocycles. The van der Waals surface area contributed by atoms with Crippen molar-refractivity contribution in [3.8, 4) is 16.9 Å².